The Kier molecular flexibility index (Phi) is 4.00. The summed E-state index contributed by atoms with van der Waals surface area (Å²) in [6.45, 7) is 2.84. The second-order valence-electron chi connectivity index (χ2n) is 2.82. The van der Waals surface area contributed by atoms with E-state index < -0.39 is 0 Å². The van der Waals surface area contributed by atoms with Gasteiger partial charge in [0.05, 0.1) is 15.8 Å². The largest absolute Gasteiger partial charge is 0.328 e. The molecular weight excluding hydrogens is 265 g/mol. The number of halogens is 1. The monoisotopic (exact) mass is 279 g/mol. The Labute approximate surface area is 86.5 Å². The minimum Gasteiger partial charge on any atom is -0.328 e. The summed E-state index contributed by atoms with van der Waals surface area (Å²) in [7, 11) is 0. The van der Waals surface area contributed by atoms with Crippen molar-refractivity contribution in [2.24, 2.45) is 5.73 Å². The van der Waals surface area contributed by atoms with Crippen LogP contribution in [-0.4, -0.2) is 16.3 Å². The van der Waals surface area contributed by atoms with Crippen LogP contribution in [-0.2, 0) is 0 Å². The summed E-state index contributed by atoms with van der Waals surface area (Å²) in [5.74, 6) is 0. The van der Waals surface area contributed by atoms with Crippen molar-refractivity contribution in [2.45, 2.75) is 25.8 Å². The normalized spacial score (nSPS) is 13.2. The Bertz CT molecular complexity index is 234. The van der Waals surface area contributed by atoms with E-state index in [0.29, 0.717) is 12.6 Å². The highest BCUT2D eigenvalue weighted by molar-refractivity contribution is 14.1. The lowest BCUT2D eigenvalue weighted by atomic mass is 10.2. The fourth-order valence-corrected chi connectivity index (χ4v) is 1.62. The highest BCUT2D eigenvalue weighted by Gasteiger charge is 2.07. The first-order valence-electron chi connectivity index (χ1n) is 4.17. The Hall–Kier alpha value is -0.100. The lowest BCUT2D eigenvalue weighted by Crippen LogP contribution is -2.19. The Morgan fingerprint density at radius 1 is 1.75 bits per heavy atom. The molecule has 0 aliphatic heterocycles. The summed E-state index contributed by atoms with van der Waals surface area (Å²) >= 11 is 2.25. The summed E-state index contributed by atoms with van der Waals surface area (Å²) in [6, 6.07) is 0.374. The molecule has 68 valence electrons. The third kappa shape index (κ3) is 2.45. The maximum Gasteiger partial charge on any atom is 0.0641 e. The minimum absolute atomic E-state index is 0.374. The number of hydrogen-bond acceptors (Lipinski definition) is 2. The van der Waals surface area contributed by atoms with E-state index in [9.17, 15) is 0 Å². The molecular formula is C8H14IN3. The maximum absolute atomic E-state index is 5.64. The summed E-state index contributed by atoms with van der Waals surface area (Å²) in [4.78, 5) is 0. The molecule has 0 saturated carbocycles. The molecule has 1 rings (SSSR count). The van der Waals surface area contributed by atoms with E-state index in [0.717, 1.165) is 12.8 Å². The van der Waals surface area contributed by atoms with Gasteiger partial charge in [0.2, 0.25) is 0 Å². The van der Waals surface area contributed by atoms with Gasteiger partial charge in [0, 0.05) is 12.7 Å². The van der Waals surface area contributed by atoms with Crippen molar-refractivity contribution in [3.8, 4) is 0 Å². The zero-order valence-corrected chi connectivity index (χ0v) is 9.36. The van der Waals surface area contributed by atoms with Crippen LogP contribution in [0.15, 0.2) is 12.4 Å². The molecule has 1 aromatic heterocycles. The molecule has 0 radical (unpaired) electrons. The van der Waals surface area contributed by atoms with Crippen molar-refractivity contribution >= 4 is 22.6 Å². The van der Waals surface area contributed by atoms with Gasteiger partial charge in [-0.25, -0.2) is 0 Å². The molecule has 2 N–H and O–H groups in total. The molecule has 3 nitrogen and oxygen atoms in total. The van der Waals surface area contributed by atoms with E-state index in [1.165, 1.54) is 3.57 Å². The highest BCUT2D eigenvalue weighted by Crippen LogP contribution is 2.12. The predicted octanol–water partition coefficient (Wildman–Crippen LogP) is 1.79. The Morgan fingerprint density at radius 3 is 2.92 bits per heavy atom. The fraction of sp³-hybridized carbons (Fsp3) is 0.625. The molecule has 0 amide bonds. The molecule has 0 fully saturated rings. The van der Waals surface area contributed by atoms with Gasteiger partial charge in [-0.05, 0) is 29.0 Å². The zero-order chi connectivity index (χ0) is 8.97. The number of rotatable bonds is 4. The number of aromatic nitrogens is 2. The third-order valence-corrected chi connectivity index (χ3v) is 2.40. The molecule has 0 aromatic carbocycles. The van der Waals surface area contributed by atoms with Gasteiger partial charge >= 0.3 is 0 Å². The fourth-order valence-electron chi connectivity index (χ4n) is 1.21. The molecule has 12 heavy (non-hydrogen) atoms. The molecule has 1 unspecified atom stereocenters. The molecule has 0 saturated heterocycles. The first-order chi connectivity index (χ1) is 5.77. The predicted molar refractivity (Wildman–Crippen MR) is 57.9 cm³/mol. The van der Waals surface area contributed by atoms with Crippen molar-refractivity contribution in [3.63, 3.8) is 0 Å². The van der Waals surface area contributed by atoms with Crippen LogP contribution in [0.3, 0.4) is 0 Å². The van der Waals surface area contributed by atoms with Crippen molar-refractivity contribution in [1.82, 2.24) is 9.78 Å². The second-order valence-corrected chi connectivity index (χ2v) is 4.06. The van der Waals surface area contributed by atoms with Gasteiger partial charge in [0.25, 0.3) is 0 Å². The van der Waals surface area contributed by atoms with E-state index >= 15 is 0 Å². The van der Waals surface area contributed by atoms with Crippen LogP contribution >= 0.6 is 22.6 Å². The van der Waals surface area contributed by atoms with Crippen molar-refractivity contribution in [3.05, 3.63) is 16.0 Å². The molecule has 0 bridgehead atoms. The third-order valence-electron chi connectivity index (χ3n) is 1.84. The first kappa shape index (κ1) is 9.98. The van der Waals surface area contributed by atoms with Crippen LogP contribution in [0.4, 0.5) is 0 Å². The molecule has 0 spiro atoms. The summed E-state index contributed by atoms with van der Waals surface area (Å²) in [6.07, 6.45) is 6.15. The van der Waals surface area contributed by atoms with Gasteiger partial charge in [-0.1, -0.05) is 13.3 Å². The van der Waals surface area contributed by atoms with Crippen LogP contribution in [0.2, 0.25) is 0 Å². The standard InChI is InChI=1S/C8H14IN3/c1-2-3-8(4-10)12-6-7(9)5-11-12/h5-6,8H,2-4,10H2,1H3. The average molecular weight is 279 g/mol. The van der Waals surface area contributed by atoms with E-state index in [2.05, 4.69) is 34.6 Å². The maximum atomic E-state index is 5.64. The number of hydrogen-bond donors (Lipinski definition) is 1. The van der Waals surface area contributed by atoms with Gasteiger partial charge in [0.15, 0.2) is 0 Å². The molecule has 1 atom stereocenters. The summed E-state index contributed by atoms with van der Waals surface area (Å²) < 4.78 is 3.13. The van der Waals surface area contributed by atoms with Crippen molar-refractivity contribution in [2.75, 3.05) is 6.54 Å². The summed E-state index contributed by atoms with van der Waals surface area (Å²) in [5.41, 5.74) is 5.64. The van der Waals surface area contributed by atoms with E-state index in [4.69, 9.17) is 5.73 Å². The van der Waals surface area contributed by atoms with Crippen molar-refractivity contribution in [1.29, 1.82) is 0 Å². The van der Waals surface area contributed by atoms with Gasteiger partial charge in [0.1, 0.15) is 0 Å². The SMILES string of the molecule is CCCC(CN)n1cc(I)cn1. The quantitative estimate of drug-likeness (QED) is 0.854. The van der Waals surface area contributed by atoms with Crippen LogP contribution in [0, 0.1) is 3.57 Å². The van der Waals surface area contributed by atoms with Crippen LogP contribution in [0.25, 0.3) is 0 Å². The average Bonchev–Trinajstić information content (AvgIpc) is 2.47. The van der Waals surface area contributed by atoms with Gasteiger partial charge in [-0.15, -0.1) is 0 Å². The highest BCUT2D eigenvalue weighted by atomic mass is 127. The van der Waals surface area contributed by atoms with Crippen LogP contribution < -0.4 is 5.73 Å². The minimum atomic E-state index is 0.374. The molecule has 1 heterocycles. The second kappa shape index (κ2) is 4.81. The molecule has 0 aliphatic rings. The first-order valence-corrected chi connectivity index (χ1v) is 5.25. The van der Waals surface area contributed by atoms with E-state index in [1.54, 1.807) is 0 Å². The van der Waals surface area contributed by atoms with E-state index in [1.807, 2.05) is 17.1 Å². The van der Waals surface area contributed by atoms with E-state index in [-0.39, 0.29) is 0 Å². The summed E-state index contributed by atoms with van der Waals surface area (Å²) in [5, 5.41) is 4.23. The molecule has 0 aliphatic carbocycles. The van der Waals surface area contributed by atoms with Crippen LogP contribution in [0.5, 0.6) is 0 Å². The topological polar surface area (TPSA) is 43.8 Å². The number of nitrogens with two attached hydrogens (primary N) is 1. The smallest absolute Gasteiger partial charge is 0.0641 e. The zero-order valence-electron chi connectivity index (χ0n) is 7.20. The van der Waals surface area contributed by atoms with Crippen molar-refractivity contribution < 1.29 is 0 Å². The number of nitrogens with zero attached hydrogens (tertiary/aromatic N) is 2. The van der Waals surface area contributed by atoms with Gasteiger partial charge in [-0.2, -0.15) is 5.10 Å². The molecule has 4 heteroatoms. The lowest BCUT2D eigenvalue weighted by Gasteiger charge is -2.13. The van der Waals surface area contributed by atoms with Gasteiger partial charge < -0.3 is 5.73 Å². The Balaban J connectivity index is 2.66. The van der Waals surface area contributed by atoms with Crippen LogP contribution in [0.1, 0.15) is 25.8 Å². The molecule has 1 aromatic rings. The lowest BCUT2D eigenvalue weighted by molar-refractivity contribution is 0.429. The Morgan fingerprint density at radius 2 is 2.50 bits per heavy atom. The van der Waals surface area contributed by atoms with Gasteiger partial charge in [-0.3, -0.25) is 4.68 Å².